The number of carbonyl (C=O) groups excluding carboxylic acids is 2. The molecular formula is C22H14BrClN2O3. The molecule has 4 rings (SSSR count). The lowest BCUT2D eigenvalue weighted by atomic mass is 9.95. The van der Waals surface area contributed by atoms with Crippen molar-refractivity contribution in [2.24, 2.45) is 0 Å². The van der Waals surface area contributed by atoms with Gasteiger partial charge in [-0.1, -0.05) is 45.7 Å². The van der Waals surface area contributed by atoms with Crippen LogP contribution in [0.5, 0.6) is 0 Å². The van der Waals surface area contributed by atoms with E-state index in [4.69, 9.17) is 11.6 Å². The van der Waals surface area contributed by atoms with Crippen molar-refractivity contribution in [2.45, 2.75) is 6.04 Å². The SMILES string of the molecule is O=C1C(=O)N(c2ccccn2)[C@H](c2ccc(Br)cc2)/C1=C(\O)c1ccc(Cl)cc1. The van der Waals surface area contributed by atoms with Gasteiger partial charge in [0, 0.05) is 21.3 Å². The number of amides is 1. The lowest BCUT2D eigenvalue weighted by Crippen LogP contribution is -2.30. The molecule has 0 unspecified atom stereocenters. The molecule has 0 bridgehead atoms. The van der Waals surface area contributed by atoms with Crippen molar-refractivity contribution in [3.63, 3.8) is 0 Å². The molecule has 2 aromatic carbocycles. The van der Waals surface area contributed by atoms with Crippen LogP contribution in [0.25, 0.3) is 5.76 Å². The molecule has 29 heavy (non-hydrogen) atoms. The molecule has 1 aliphatic rings. The zero-order chi connectivity index (χ0) is 20.5. The molecule has 144 valence electrons. The van der Waals surface area contributed by atoms with Crippen LogP contribution in [-0.2, 0) is 9.59 Å². The van der Waals surface area contributed by atoms with E-state index in [1.807, 2.05) is 12.1 Å². The Morgan fingerprint density at radius 1 is 1.00 bits per heavy atom. The lowest BCUT2D eigenvalue weighted by Gasteiger charge is -2.24. The van der Waals surface area contributed by atoms with Crippen LogP contribution in [0, 0.1) is 0 Å². The minimum Gasteiger partial charge on any atom is -0.507 e. The monoisotopic (exact) mass is 468 g/mol. The normalized spacial score (nSPS) is 18.3. The summed E-state index contributed by atoms with van der Waals surface area (Å²) < 4.78 is 0.855. The van der Waals surface area contributed by atoms with Crippen molar-refractivity contribution in [2.75, 3.05) is 4.90 Å². The van der Waals surface area contributed by atoms with Crippen molar-refractivity contribution < 1.29 is 14.7 Å². The van der Waals surface area contributed by atoms with Gasteiger partial charge in [0.25, 0.3) is 5.78 Å². The van der Waals surface area contributed by atoms with Gasteiger partial charge >= 0.3 is 5.91 Å². The van der Waals surface area contributed by atoms with Crippen molar-refractivity contribution in [3.8, 4) is 0 Å². The van der Waals surface area contributed by atoms with Gasteiger partial charge in [0.2, 0.25) is 0 Å². The van der Waals surface area contributed by atoms with Crippen LogP contribution in [0.1, 0.15) is 17.2 Å². The molecule has 0 radical (unpaired) electrons. The number of benzene rings is 2. The highest BCUT2D eigenvalue weighted by atomic mass is 79.9. The van der Waals surface area contributed by atoms with E-state index >= 15 is 0 Å². The third-order valence-corrected chi connectivity index (χ3v) is 5.42. The quantitative estimate of drug-likeness (QED) is 0.328. The van der Waals surface area contributed by atoms with E-state index in [2.05, 4.69) is 20.9 Å². The van der Waals surface area contributed by atoms with Crippen molar-refractivity contribution in [3.05, 3.63) is 99.1 Å². The number of aromatic nitrogens is 1. The van der Waals surface area contributed by atoms with Gasteiger partial charge in [0.05, 0.1) is 11.6 Å². The van der Waals surface area contributed by atoms with E-state index < -0.39 is 17.7 Å². The highest BCUT2D eigenvalue weighted by molar-refractivity contribution is 9.10. The standard InChI is InChI=1S/C22H14BrClN2O3/c23-15-8-4-13(5-9-15)19-18(20(27)14-6-10-16(24)11-7-14)21(28)22(29)26(19)17-3-1-2-12-25-17/h1-12,19,27H/b20-18+/t19-/m1/s1. The first kappa shape index (κ1) is 19.4. The van der Waals surface area contributed by atoms with Gasteiger partial charge in [-0.25, -0.2) is 4.98 Å². The largest absolute Gasteiger partial charge is 0.507 e. The van der Waals surface area contributed by atoms with Crippen LogP contribution in [-0.4, -0.2) is 21.8 Å². The summed E-state index contributed by atoms with van der Waals surface area (Å²) in [6.45, 7) is 0. The minimum atomic E-state index is -0.811. The summed E-state index contributed by atoms with van der Waals surface area (Å²) in [6.07, 6.45) is 1.55. The van der Waals surface area contributed by atoms with E-state index in [0.717, 1.165) is 4.47 Å². The number of pyridine rings is 1. The number of halogens is 2. The molecule has 1 amide bonds. The number of hydrogen-bond donors (Lipinski definition) is 1. The first-order valence-electron chi connectivity index (χ1n) is 8.71. The molecule has 0 spiro atoms. The Morgan fingerprint density at radius 3 is 2.31 bits per heavy atom. The van der Waals surface area contributed by atoms with Crippen LogP contribution in [0.2, 0.25) is 5.02 Å². The van der Waals surface area contributed by atoms with Crippen molar-refractivity contribution >= 4 is 50.8 Å². The second-order valence-corrected chi connectivity index (χ2v) is 7.77. The Morgan fingerprint density at radius 2 is 1.69 bits per heavy atom. The fourth-order valence-electron chi connectivity index (χ4n) is 3.29. The number of aliphatic hydroxyl groups is 1. The summed E-state index contributed by atoms with van der Waals surface area (Å²) in [6, 6.07) is 18.0. The summed E-state index contributed by atoms with van der Waals surface area (Å²) >= 11 is 9.32. The molecule has 1 aromatic heterocycles. The van der Waals surface area contributed by atoms with Crippen molar-refractivity contribution in [1.82, 2.24) is 4.98 Å². The molecule has 3 aromatic rings. The van der Waals surface area contributed by atoms with Crippen LogP contribution in [0.4, 0.5) is 5.82 Å². The van der Waals surface area contributed by atoms with Gasteiger partial charge in [-0.3, -0.25) is 14.5 Å². The highest BCUT2D eigenvalue weighted by Gasteiger charge is 2.47. The van der Waals surface area contributed by atoms with Gasteiger partial charge < -0.3 is 5.11 Å². The number of carbonyl (C=O) groups is 2. The fraction of sp³-hybridized carbons (Fsp3) is 0.0455. The Kier molecular flexibility index (Phi) is 5.22. The third-order valence-electron chi connectivity index (χ3n) is 4.64. The second kappa shape index (κ2) is 7.81. The van der Waals surface area contributed by atoms with E-state index in [-0.39, 0.29) is 11.3 Å². The molecule has 1 aliphatic heterocycles. The van der Waals surface area contributed by atoms with Crippen LogP contribution in [0.15, 0.2) is 83.0 Å². The van der Waals surface area contributed by atoms with E-state index in [1.165, 1.54) is 4.90 Å². The molecule has 0 aliphatic carbocycles. The smallest absolute Gasteiger partial charge is 0.301 e. The van der Waals surface area contributed by atoms with Crippen molar-refractivity contribution in [1.29, 1.82) is 0 Å². The number of rotatable bonds is 3. The molecule has 2 heterocycles. The number of nitrogens with zero attached hydrogens (tertiary/aromatic N) is 2. The number of Topliss-reactive ketones (excluding diaryl/α,β-unsaturated/α-hetero) is 1. The zero-order valence-corrected chi connectivity index (χ0v) is 17.3. The number of aliphatic hydroxyl groups excluding tert-OH is 1. The lowest BCUT2D eigenvalue weighted by molar-refractivity contribution is -0.132. The summed E-state index contributed by atoms with van der Waals surface area (Å²) in [5.41, 5.74) is 1.08. The molecule has 1 atom stereocenters. The maximum absolute atomic E-state index is 12.9. The molecule has 1 N–H and O–H groups in total. The summed E-state index contributed by atoms with van der Waals surface area (Å²) in [7, 11) is 0. The maximum atomic E-state index is 12.9. The molecule has 1 saturated heterocycles. The van der Waals surface area contributed by atoms with Gasteiger partial charge in [-0.2, -0.15) is 0 Å². The zero-order valence-electron chi connectivity index (χ0n) is 14.9. The first-order valence-corrected chi connectivity index (χ1v) is 9.88. The fourth-order valence-corrected chi connectivity index (χ4v) is 3.68. The molecule has 7 heteroatoms. The first-order chi connectivity index (χ1) is 14.0. The predicted molar refractivity (Wildman–Crippen MR) is 115 cm³/mol. The Balaban J connectivity index is 1.94. The van der Waals surface area contributed by atoms with Gasteiger partial charge in [-0.05, 0) is 54.1 Å². The van der Waals surface area contributed by atoms with Gasteiger partial charge in [0.15, 0.2) is 0 Å². The summed E-state index contributed by atoms with van der Waals surface area (Å²) in [5.74, 6) is -1.44. The highest BCUT2D eigenvalue weighted by Crippen LogP contribution is 2.41. The molecule has 0 saturated carbocycles. The topological polar surface area (TPSA) is 70.5 Å². The minimum absolute atomic E-state index is 0.00491. The van der Waals surface area contributed by atoms with Crippen LogP contribution < -0.4 is 4.90 Å². The van der Waals surface area contributed by atoms with Crippen LogP contribution in [0.3, 0.4) is 0 Å². The number of anilines is 1. The summed E-state index contributed by atoms with van der Waals surface area (Å²) in [4.78, 5) is 31.4. The Hall–Kier alpha value is -2.96. The number of ketones is 1. The van der Waals surface area contributed by atoms with E-state index in [1.54, 1.807) is 60.8 Å². The van der Waals surface area contributed by atoms with Gasteiger partial charge in [-0.15, -0.1) is 0 Å². The third kappa shape index (κ3) is 3.57. The Labute approximate surface area is 180 Å². The number of hydrogen-bond acceptors (Lipinski definition) is 4. The summed E-state index contributed by atoms with van der Waals surface area (Å²) in [5, 5.41) is 11.5. The van der Waals surface area contributed by atoms with E-state index in [9.17, 15) is 14.7 Å². The second-order valence-electron chi connectivity index (χ2n) is 6.42. The molecule has 5 nitrogen and oxygen atoms in total. The Bertz CT molecular complexity index is 1110. The average Bonchev–Trinajstić information content (AvgIpc) is 3.00. The molecule has 1 fully saturated rings. The van der Waals surface area contributed by atoms with Crippen LogP contribution >= 0.6 is 27.5 Å². The maximum Gasteiger partial charge on any atom is 0.301 e. The average molecular weight is 470 g/mol. The predicted octanol–water partition coefficient (Wildman–Crippen LogP) is 5.12. The van der Waals surface area contributed by atoms with Gasteiger partial charge in [0.1, 0.15) is 11.6 Å². The molecular weight excluding hydrogens is 456 g/mol. The van der Waals surface area contributed by atoms with E-state index in [0.29, 0.717) is 22.0 Å².